The van der Waals surface area contributed by atoms with Crippen LogP contribution < -0.4 is 11.1 Å². The molecular weight excluding hydrogens is 358 g/mol. The van der Waals surface area contributed by atoms with E-state index in [0.29, 0.717) is 11.3 Å². The van der Waals surface area contributed by atoms with E-state index in [9.17, 15) is 4.79 Å². The number of hydrogen-bond acceptors (Lipinski definition) is 3. The second kappa shape index (κ2) is 8.33. The van der Waals surface area contributed by atoms with Gasteiger partial charge in [0.15, 0.2) is 0 Å². The third kappa shape index (κ3) is 4.55. The first-order valence-corrected chi connectivity index (χ1v) is 9.83. The van der Waals surface area contributed by atoms with Crippen LogP contribution in [0.2, 0.25) is 0 Å². The van der Waals surface area contributed by atoms with Gasteiger partial charge >= 0.3 is 0 Å². The average Bonchev–Trinajstić information content (AvgIpc) is 2.75. The standard InChI is InChI=1S/C25H25N3O/c1-18(16-28-15-14-20-4-2-3-5-22(20)17-28)19-6-8-21(9-7-19)25(29)27-24-12-10-23(26)11-13-24/h2-13H,1,14-17,26H2,(H,27,29). The fraction of sp³-hybridized carbons (Fsp3) is 0.160. The molecule has 29 heavy (non-hydrogen) atoms. The second-order valence-electron chi connectivity index (χ2n) is 7.49. The molecule has 4 heteroatoms. The number of amides is 1. The van der Waals surface area contributed by atoms with Gasteiger partial charge in [-0.1, -0.05) is 43.0 Å². The molecule has 1 amide bonds. The summed E-state index contributed by atoms with van der Waals surface area (Å²) in [4.78, 5) is 14.9. The third-order valence-corrected chi connectivity index (χ3v) is 5.35. The monoisotopic (exact) mass is 383 g/mol. The second-order valence-corrected chi connectivity index (χ2v) is 7.49. The van der Waals surface area contributed by atoms with Crippen molar-refractivity contribution in [1.29, 1.82) is 0 Å². The van der Waals surface area contributed by atoms with Crippen LogP contribution in [0.4, 0.5) is 11.4 Å². The zero-order valence-corrected chi connectivity index (χ0v) is 16.4. The number of rotatable bonds is 5. The Morgan fingerprint density at radius 1 is 0.931 bits per heavy atom. The van der Waals surface area contributed by atoms with Crippen LogP contribution >= 0.6 is 0 Å². The van der Waals surface area contributed by atoms with E-state index in [-0.39, 0.29) is 5.91 Å². The molecule has 0 aliphatic carbocycles. The van der Waals surface area contributed by atoms with Crippen molar-refractivity contribution in [2.75, 3.05) is 24.1 Å². The lowest BCUT2D eigenvalue weighted by Gasteiger charge is -2.29. The Hall–Kier alpha value is -3.37. The van der Waals surface area contributed by atoms with Gasteiger partial charge < -0.3 is 11.1 Å². The van der Waals surface area contributed by atoms with Gasteiger partial charge in [0.1, 0.15) is 0 Å². The maximum atomic E-state index is 12.4. The molecule has 0 bridgehead atoms. The van der Waals surface area contributed by atoms with Crippen LogP contribution in [0.25, 0.3) is 5.57 Å². The third-order valence-electron chi connectivity index (χ3n) is 5.35. The summed E-state index contributed by atoms with van der Waals surface area (Å²) in [5.74, 6) is -0.139. The lowest BCUT2D eigenvalue weighted by atomic mass is 9.98. The van der Waals surface area contributed by atoms with E-state index in [0.717, 1.165) is 42.9 Å². The summed E-state index contributed by atoms with van der Waals surface area (Å²) in [6.07, 6.45) is 1.08. The van der Waals surface area contributed by atoms with E-state index < -0.39 is 0 Å². The topological polar surface area (TPSA) is 58.4 Å². The van der Waals surface area contributed by atoms with Crippen molar-refractivity contribution in [2.24, 2.45) is 0 Å². The van der Waals surface area contributed by atoms with Crippen molar-refractivity contribution in [2.45, 2.75) is 13.0 Å². The number of nitrogen functional groups attached to an aromatic ring is 1. The number of nitrogens with zero attached hydrogens (tertiary/aromatic N) is 1. The van der Waals surface area contributed by atoms with Gasteiger partial charge in [-0.25, -0.2) is 0 Å². The molecule has 3 aromatic rings. The van der Waals surface area contributed by atoms with Crippen molar-refractivity contribution in [3.63, 3.8) is 0 Å². The first kappa shape index (κ1) is 19.0. The molecule has 1 aliphatic heterocycles. The molecule has 1 heterocycles. The highest BCUT2D eigenvalue weighted by atomic mass is 16.1. The van der Waals surface area contributed by atoms with Gasteiger partial charge in [-0.05, 0) is 65.1 Å². The molecule has 4 nitrogen and oxygen atoms in total. The Balaban J connectivity index is 1.36. The molecule has 0 radical (unpaired) electrons. The van der Waals surface area contributed by atoms with Gasteiger partial charge in [0.05, 0.1) is 0 Å². The number of fused-ring (bicyclic) bond motifs is 1. The normalized spacial score (nSPS) is 13.5. The van der Waals surface area contributed by atoms with Gasteiger partial charge in [-0.15, -0.1) is 0 Å². The minimum atomic E-state index is -0.139. The van der Waals surface area contributed by atoms with Crippen LogP contribution in [-0.2, 0) is 13.0 Å². The molecule has 1 aliphatic rings. The molecule has 0 spiro atoms. The Labute approximate surface area is 171 Å². The molecule has 3 aromatic carbocycles. The maximum Gasteiger partial charge on any atom is 0.255 e. The number of nitrogens with two attached hydrogens (primary N) is 1. The molecule has 0 aromatic heterocycles. The number of carbonyl (C=O) groups excluding carboxylic acids is 1. The van der Waals surface area contributed by atoms with Crippen LogP contribution in [0.1, 0.15) is 27.0 Å². The highest BCUT2D eigenvalue weighted by Crippen LogP contribution is 2.22. The fourth-order valence-electron chi connectivity index (χ4n) is 3.68. The first-order chi connectivity index (χ1) is 14.1. The molecule has 0 unspecified atom stereocenters. The minimum Gasteiger partial charge on any atom is -0.399 e. The zero-order valence-electron chi connectivity index (χ0n) is 16.4. The summed E-state index contributed by atoms with van der Waals surface area (Å²) >= 11 is 0. The van der Waals surface area contributed by atoms with Crippen molar-refractivity contribution in [3.8, 4) is 0 Å². The van der Waals surface area contributed by atoms with E-state index in [1.54, 1.807) is 24.3 Å². The van der Waals surface area contributed by atoms with Gasteiger partial charge in [-0.3, -0.25) is 9.69 Å². The molecule has 0 saturated heterocycles. The Morgan fingerprint density at radius 2 is 1.59 bits per heavy atom. The Kier molecular flexibility index (Phi) is 5.45. The molecule has 0 saturated carbocycles. The maximum absolute atomic E-state index is 12.4. The molecule has 3 N–H and O–H groups in total. The van der Waals surface area contributed by atoms with Crippen molar-refractivity contribution < 1.29 is 4.79 Å². The van der Waals surface area contributed by atoms with Gasteiger partial charge in [-0.2, -0.15) is 0 Å². The predicted molar refractivity (Wildman–Crippen MR) is 120 cm³/mol. The van der Waals surface area contributed by atoms with Crippen molar-refractivity contribution >= 4 is 22.9 Å². The van der Waals surface area contributed by atoms with Crippen LogP contribution in [0.15, 0.2) is 79.4 Å². The van der Waals surface area contributed by atoms with Gasteiger partial charge in [0.2, 0.25) is 0 Å². The van der Waals surface area contributed by atoms with E-state index in [4.69, 9.17) is 5.73 Å². The van der Waals surface area contributed by atoms with Crippen molar-refractivity contribution in [3.05, 3.63) is 102 Å². The summed E-state index contributed by atoms with van der Waals surface area (Å²) in [7, 11) is 0. The minimum absolute atomic E-state index is 0.139. The number of hydrogen-bond donors (Lipinski definition) is 2. The SMILES string of the molecule is C=C(CN1CCc2ccccc2C1)c1ccc(C(=O)Nc2ccc(N)cc2)cc1. The molecular formula is C25H25N3O. The van der Waals surface area contributed by atoms with Crippen molar-refractivity contribution in [1.82, 2.24) is 4.90 Å². The Morgan fingerprint density at radius 3 is 2.31 bits per heavy atom. The zero-order chi connectivity index (χ0) is 20.2. The lowest BCUT2D eigenvalue weighted by molar-refractivity contribution is 0.102. The van der Waals surface area contributed by atoms with E-state index >= 15 is 0 Å². The van der Waals surface area contributed by atoms with Crippen LogP contribution in [-0.4, -0.2) is 23.9 Å². The summed E-state index contributed by atoms with van der Waals surface area (Å²) in [5, 5.41) is 2.88. The number of benzene rings is 3. The van der Waals surface area contributed by atoms with Gasteiger partial charge in [0, 0.05) is 36.6 Å². The molecule has 146 valence electrons. The van der Waals surface area contributed by atoms with E-state index in [1.165, 1.54) is 11.1 Å². The number of carbonyl (C=O) groups is 1. The summed E-state index contributed by atoms with van der Waals surface area (Å²) < 4.78 is 0. The summed E-state index contributed by atoms with van der Waals surface area (Å²) in [6.45, 7) is 7.09. The quantitative estimate of drug-likeness (QED) is 0.634. The first-order valence-electron chi connectivity index (χ1n) is 9.83. The highest BCUT2D eigenvalue weighted by molar-refractivity contribution is 6.04. The van der Waals surface area contributed by atoms with Gasteiger partial charge in [0.25, 0.3) is 5.91 Å². The van der Waals surface area contributed by atoms with E-state index in [2.05, 4.69) is 41.1 Å². The molecule has 4 rings (SSSR count). The van der Waals surface area contributed by atoms with Crippen LogP contribution in [0.5, 0.6) is 0 Å². The Bertz CT molecular complexity index is 1020. The smallest absolute Gasteiger partial charge is 0.255 e. The number of nitrogens with one attached hydrogen (secondary N) is 1. The fourth-order valence-corrected chi connectivity index (χ4v) is 3.68. The summed E-state index contributed by atoms with van der Waals surface area (Å²) in [6, 6.07) is 23.4. The van der Waals surface area contributed by atoms with Crippen LogP contribution in [0, 0.1) is 0 Å². The molecule has 0 fully saturated rings. The predicted octanol–water partition coefficient (Wildman–Crippen LogP) is 4.59. The average molecular weight is 383 g/mol. The lowest BCUT2D eigenvalue weighted by Crippen LogP contribution is -2.31. The molecule has 0 atom stereocenters. The highest BCUT2D eigenvalue weighted by Gasteiger charge is 2.16. The number of anilines is 2. The summed E-state index contributed by atoms with van der Waals surface area (Å²) in [5.41, 5.74) is 12.7. The van der Waals surface area contributed by atoms with E-state index in [1.807, 2.05) is 24.3 Å². The van der Waals surface area contributed by atoms with Crippen LogP contribution in [0.3, 0.4) is 0 Å². The largest absolute Gasteiger partial charge is 0.399 e.